The number of carbonyl (C=O) groups excluding carboxylic acids is 2. The SMILES string of the molecule is COC(=O)c1cccc(Nc2ccc(OCCN(C)C)cc2OC)c1C(=O)OC. The van der Waals surface area contributed by atoms with Gasteiger partial charge in [-0.15, -0.1) is 0 Å². The van der Waals surface area contributed by atoms with E-state index in [0.717, 1.165) is 6.54 Å². The monoisotopic (exact) mass is 402 g/mol. The quantitative estimate of drug-likeness (QED) is 0.641. The zero-order chi connectivity index (χ0) is 21.4. The second kappa shape index (κ2) is 10.3. The van der Waals surface area contributed by atoms with Gasteiger partial charge in [0.05, 0.1) is 43.8 Å². The number of nitrogens with one attached hydrogen (secondary N) is 1. The Kier molecular flexibility index (Phi) is 7.85. The summed E-state index contributed by atoms with van der Waals surface area (Å²) in [5.41, 5.74) is 1.17. The fourth-order valence-electron chi connectivity index (χ4n) is 2.61. The first-order valence-corrected chi connectivity index (χ1v) is 8.93. The lowest BCUT2D eigenvalue weighted by molar-refractivity contribution is 0.0556. The predicted octanol–water partition coefficient (Wildman–Crippen LogP) is 2.95. The third-order valence-electron chi connectivity index (χ3n) is 4.11. The second-order valence-electron chi connectivity index (χ2n) is 6.35. The first kappa shape index (κ1) is 22.0. The molecule has 0 spiro atoms. The molecular formula is C21H26N2O6. The van der Waals surface area contributed by atoms with Gasteiger partial charge in [-0.25, -0.2) is 9.59 Å². The molecule has 0 atom stereocenters. The van der Waals surface area contributed by atoms with Gasteiger partial charge in [-0.3, -0.25) is 0 Å². The molecule has 2 aromatic carbocycles. The smallest absolute Gasteiger partial charge is 0.340 e. The number of rotatable bonds is 9. The molecule has 0 amide bonds. The normalized spacial score (nSPS) is 10.4. The minimum atomic E-state index is -0.656. The summed E-state index contributed by atoms with van der Waals surface area (Å²) in [7, 11) is 7.98. The molecule has 0 aromatic heterocycles. The van der Waals surface area contributed by atoms with Gasteiger partial charge in [0.1, 0.15) is 18.1 Å². The van der Waals surface area contributed by atoms with Gasteiger partial charge >= 0.3 is 11.9 Å². The Morgan fingerprint density at radius 3 is 2.31 bits per heavy atom. The number of nitrogens with zero attached hydrogens (tertiary/aromatic N) is 1. The lowest BCUT2D eigenvalue weighted by atomic mass is 10.0. The van der Waals surface area contributed by atoms with Crippen LogP contribution in [-0.4, -0.2) is 65.4 Å². The van der Waals surface area contributed by atoms with Gasteiger partial charge in [0.25, 0.3) is 0 Å². The minimum Gasteiger partial charge on any atom is -0.494 e. The number of anilines is 2. The van der Waals surface area contributed by atoms with Crippen molar-refractivity contribution in [3.63, 3.8) is 0 Å². The Balaban J connectivity index is 2.35. The topological polar surface area (TPSA) is 86.3 Å². The molecule has 8 nitrogen and oxygen atoms in total. The highest BCUT2D eigenvalue weighted by Crippen LogP contribution is 2.33. The molecule has 29 heavy (non-hydrogen) atoms. The maximum absolute atomic E-state index is 12.3. The summed E-state index contributed by atoms with van der Waals surface area (Å²) in [5, 5.41) is 3.13. The van der Waals surface area contributed by atoms with Gasteiger partial charge in [-0.2, -0.15) is 0 Å². The van der Waals surface area contributed by atoms with Crippen molar-refractivity contribution in [2.45, 2.75) is 0 Å². The van der Waals surface area contributed by atoms with Crippen LogP contribution in [0.3, 0.4) is 0 Å². The molecule has 0 aliphatic carbocycles. The fraction of sp³-hybridized carbons (Fsp3) is 0.333. The van der Waals surface area contributed by atoms with Crippen molar-refractivity contribution in [1.82, 2.24) is 4.90 Å². The van der Waals surface area contributed by atoms with Crippen LogP contribution < -0.4 is 14.8 Å². The van der Waals surface area contributed by atoms with Crippen molar-refractivity contribution >= 4 is 23.3 Å². The molecule has 0 fully saturated rings. The van der Waals surface area contributed by atoms with Gasteiger partial charge in [-0.1, -0.05) is 6.07 Å². The summed E-state index contributed by atoms with van der Waals surface area (Å²) in [5.74, 6) is -0.112. The molecule has 0 bridgehead atoms. The van der Waals surface area contributed by atoms with E-state index in [1.807, 2.05) is 19.0 Å². The van der Waals surface area contributed by atoms with E-state index in [1.165, 1.54) is 27.4 Å². The Morgan fingerprint density at radius 1 is 0.966 bits per heavy atom. The molecule has 2 rings (SSSR count). The number of ether oxygens (including phenoxy) is 4. The molecule has 156 valence electrons. The summed E-state index contributed by atoms with van der Waals surface area (Å²) in [4.78, 5) is 26.4. The molecule has 0 unspecified atom stereocenters. The van der Waals surface area contributed by atoms with Crippen LogP contribution in [0.2, 0.25) is 0 Å². The summed E-state index contributed by atoms with van der Waals surface area (Å²) in [6.45, 7) is 1.32. The van der Waals surface area contributed by atoms with Crippen LogP contribution in [0.1, 0.15) is 20.7 Å². The van der Waals surface area contributed by atoms with Crippen molar-refractivity contribution in [3.05, 3.63) is 47.5 Å². The van der Waals surface area contributed by atoms with E-state index in [2.05, 4.69) is 5.32 Å². The van der Waals surface area contributed by atoms with Gasteiger partial charge in [0.15, 0.2) is 0 Å². The standard InChI is InChI=1S/C21H26N2O6/c1-23(2)11-12-29-14-9-10-16(18(13-14)26-3)22-17-8-6-7-15(20(24)27-4)19(17)21(25)28-5/h6-10,13,22H,11-12H2,1-5H3. The van der Waals surface area contributed by atoms with Crippen LogP contribution in [0.25, 0.3) is 0 Å². The molecular weight excluding hydrogens is 376 g/mol. The summed E-state index contributed by atoms with van der Waals surface area (Å²) in [6, 6.07) is 10.1. The number of methoxy groups -OCH3 is 3. The first-order chi connectivity index (χ1) is 13.9. The molecule has 0 saturated carbocycles. The molecule has 1 N–H and O–H groups in total. The minimum absolute atomic E-state index is 0.0789. The van der Waals surface area contributed by atoms with E-state index in [1.54, 1.807) is 30.3 Å². The highest BCUT2D eigenvalue weighted by Gasteiger charge is 2.23. The van der Waals surface area contributed by atoms with Crippen LogP contribution in [0.15, 0.2) is 36.4 Å². The van der Waals surface area contributed by atoms with Crippen LogP contribution >= 0.6 is 0 Å². The molecule has 0 aliphatic rings. The van der Waals surface area contributed by atoms with Crippen LogP contribution in [0.4, 0.5) is 11.4 Å². The van der Waals surface area contributed by atoms with Crippen LogP contribution in [0, 0.1) is 0 Å². The Hall–Kier alpha value is -3.26. The van der Waals surface area contributed by atoms with Gasteiger partial charge in [-0.05, 0) is 38.4 Å². The van der Waals surface area contributed by atoms with Crippen molar-refractivity contribution < 1.29 is 28.5 Å². The molecule has 2 aromatic rings. The molecule has 0 aliphatic heterocycles. The number of carbonyl (C=O) groups is 2. The van der Waals surface area contributed by atoms with E-state index >= 15 is 0 Å². The Bertz CT molecular complexity index is 866. The summed E-state index contributed by atoms with van der Waals surface area (Å²) < 4.78 is 20.8. The van der Waals surface area contributed by atoms with Gasteiger partial charge < -0.3 is 29.2 Å². The van der Waals surface area contributed by atoms with E-state index < -0.39 is 11.9 Å². The molecule has 0 heterocycles. The number of benzene rings is 2. The van der Waals surface area contributed by atoms with Crippen molar-refractivity contribution in [3.8, 4) is 11.5 Å². The summed E-state index contributed by atoms with van der Waals surface area (Å²) >= 11 is 0. The Morgan fingerprint density at radius 2 is 1.69 bits per heavy atom. The van der Waals surface area contributed by atoms with E-state index in [9.17, 15) is 9.59 Å². The number of hydrogen-bond donors (Lipinski definition) is 1. The van der Waals surface area contributed by atoms with E-state index in [0.29, 0.717) is 29.5 Å². The lowest BCUT2D eigenvalue weighted by Gasteiger charge is -2.17. The molecule has 8 heteroatoms. The zero-order valence-corrected chi connectivity index (χ0v) is 17.3. The highest BCUT2D eigenvalue weighted by molar-refractivity contribution is 6.07. The molecule has 0 saturated heterocycles. The Labute approximate surface area is 170 Å². The van der Waals surface area contributed by atoms with Crippen molar-refractivity contribution in [2.24, 2.45) is 0 Å². The average Bonchev–Trinajstić information content (AvgIpc) is 2.73. The van der Waals surface area contributed by atoms with Gasteiger partial charge in [0.2, 0.25) is 0 Å². The first-order valence-electron chi connectivity index (χ1n) is 8.93. The van der Waals surface area contributed by atoms with Crippen LogP contribution in [-0.2, 0) is 9.47 Å². The average molecular weight is 402 g/mol. The van der Waals surface area contributed by atoms with Crippen molar-refractivity contribution in [2.75, 3.05) is 53.9 Å². The summed E-state index contributed by atoms with van der Waals surface area (Å²) in [6.07, 6.45) is 0. The van der Waals surface area contributed by atoms with E-state index in [-0.39, 0.29) is 11.1 Å². The van der Waals surface area contributed by atoms with Crippen molar-refractivity contribution in [1.29, 1.82) is 0 Å². The second-order valence-corrected chi connectivity index (χ2v) is 6.35. The third-order valence-corrected chi connectivity index (χ3v) is 4.11. The number of likely N-dealkylation sites (N-methyl/N-ethyl adjacent to an activating group) is 1. The maximum Gasteiger partial charge on any atom is 0.340 e. The molecule has 0 radical (unpaired) electrons. The van der Waals surface area contributed by atoms with Gasteiger partial charge in [0, 0.05) is 12.6 Å². The predicted molar refractivity (Wildman–Crippen MR) is 109 cm³/mol. The highest BCUT2D eigenvalue weighted by atomic mass is 16.5. The van der Waals surface area contributed by atoms with E-state index in [4.69, 9.17) is 18.9 Å². The lowest BCUT2D eigenvalue weighted by Crippen LogP contribution is -2.19. The maximum atomic E-state index is 12.3. The zero-order valence-electron chi connectivity index (χ0n) is 17.3. The largest absolute Gasteiger partial charge is 0.494 e. The number of esters is 2. The fourth-order valence-corrected chi connectivity index (χ4v) is 2.61. The van der Waals surface area contributed by atoms with Crippen LogP contribution in [0.5, 0.6) is 11.5 Å². The third kappa shape index (κ3) is 5.61. The number of hydrogen-bond acceptors (Lipinski definition) is 8.